The quantitative estimate of drug-likeness (QED) is 0.717. The number of Topliss-reactive ketones (excluding diaryl/α,β-unsaturated/α-hetero) is 1. The molecule has 0 amide bonds. The molecule has 0 saturated heterocycles. The number of carbonyl (C=O) groups excluding carboxylic acids is 1. The second kappa shape index (κ2) is 4.19. The van der Waals surface area contributed by atoms with Crippen molar-refractivity contribution in [1.29, 1.82) is 0 Å². The van der Waals surface area contributed by atoms with Gasteiger partial charge < -0.3 is 9.32 Å². The molecule has 0 fully saturated rings. The molecular weight excluding hydrogens is 190 g/mol. The lowest BCUT2D eigenvalue weighted by atomic mass is 9.89. The molecule has 0 radical (unpaired) electrons. The summed E-state index contributed by atoms with van der Waals surface area (Å²) in [6.07, 6.45) is 0. The largest absolute Gasteiger partial charge is 0.457 e. The highest BCUT2D eigenvalue weighted by Crippen LogP contribution is 2.22. The highest BCUT2D eigenvalue weighted by molar-refractivity contribution is 5.97. The Morgan fingerprint density at radius 2 is 1.93 bits per heavy atom. The smallest absolute Gasteiger partial charge is 0.203 e. The third-order valence-corrected chi connectivity index (χ3v) is 2.04. The first-order chi connectivity index (χ1) is 6.80. The molecule has 3 heteroatoms. The fraction of sp³-hybridized carbons (Fsp3) is 0.583. The van der Waals surface area contributed by atoms with Crippen LogP contribution in [0.15, 0.2) is 16.5 Å². The Morgan fingerprint density at radius 3 is 2.40 bits per heavy atom. The van der Waals surface area contributed by atoms with Crippen LogP contribution in [0.5, 0.6) is 0 Å². The summed E-state index contributed by atoms with van der Waals surface area (Å²) in [5.41, 5.74) is -0.382. The van der Waals surface area contributed by atoms with E-state index < -0.39 is 0 Å². The third-order valence-electron chi connectivity index (χ3n) is 2.04. The standard InChI is InChI=1S/C12H19NO2/c1-12(2,3)11(14)10-7-6-9(15-10)8-13(4)5/h6-7H,8H2,1-5H3. The van der Waals surface area contributed by atoms with Crippen LogP contribution in [0.2, 0.25) is 0 Å². The molecule has 0 spiro atoms. The molecule has 1 rings (SSSR count). The van der Waals surface area contributed by atoms with Gasteiger partial charge in [-0.1, -0.05) is 20.8 Å². The fourth-order valence-electron chi connectivity index (χ4n) is 1.27. The van der Waals surface area contributed by atoms with Crippen LogP contribution in [0.3, 0.4) is 0 Å². The van der Waals surface area contributed by atoms with E-state index in [4.69, 9.17) is 4.42 Å². The molecule has 1 heterocycles. The Morgan fingerprint density at radius 1 is 1.33 bits per heavy atom. The summed E-state index contributed by atoms with van der Waals surface area (Å²) in [5, 5.41) is 0. The molecule has 0 saturated carbocycles. The first kappa shape index (κ1) is 12.0. The maximum absolute atomic E-state index is 11.9. The normalized spacial score (nSPS) is 12.1. The molecule has 0 aliphatic carbocycles. The van der Waals surface area contributed by atoms with Gasteiger partial charge in [0.15, 0.2) is 5.76 Å². The molecule has 1 aromatic rings. The SMILES string of the molecule is CN(C)Cc1ccc(C(=O)C(C)(C)C)o1. The number of ketones is 1. The van der Waals surface area contributed by atoms with Crippen LogP contribution in [-0.4, -0.2) is 24.8 Å². The van der Waals surface area contributed by atoms with Gasteiger partial charge in [-0.15, -0.1) is 0 Å². The predicted molar refractivity (Wildman–Crippen MR) is 59.9 cm³/mol. The van der Waals surface area contributed by atoms with Crippen LogP contribution in [0, 0.1) is 5.41 Å². The second-order valence-electron chi connectivity index (χ2n) is 5.08. The summed E-state index contributed by atoms with van der Waals surface area (Å²) < 4.78 is 5.49. The Labute approximate surface area is 91.1 Å². The molecular formula is C12H19NO2. The Balaban J connectivity index is 2.81. The van der Waals surface area contributed by atoms with Gasteiger partial charge in [0.05, 0.1) is 6.54 Å². The summed E-state index contributed by atoms with van der Waals surface area (Å²) in [7, 11) is 3.93. The van der Waals surface area contributed by atoms with Crippen LogP contribution in [-0.2, 0) is 6.54 Å². The van der Waals surface area contributed by atoms with Crippen molar-refractivity contribution in [3.8, 4) is 0 Å². The number of nitrogens with zero attached hydrogens (tertiary/aromatic N) is 1. The van der Waals surface area contributed by atoms with E-state index >= 15 is 0 Å². The van der Waals surface area contributed by atoms with Crippen LogP contribution in [0.4, 0.5) is 0 Å². The molecule has 15 heavy (non-hydrogen) atoms. The lowest BCUT2D eigenvalue weighted by Crippen LogP contribution is -2.19. The molecule has 84 valence electrons. The van der Waals surface area contributed by atoms with Gasteiger partial charge in [-0.3, -0.25) is 4.79 Å². The average molecular weight is 209 g/mol. The maximum Gasteiger partial charge on any atom is 0.203 e. The average Bonchev–Trinajstić information content (AvgIpc) is 2.48. The minimum atomic E-state index is -0.382. The second-order valence-corrected chi connectivity index (χ2v) is 5.08. The van der Waals surface area contributed by atoms with Crippen molar-refractivity contribution >= 4 is 5.78 Å². The molecule has 3 nitrogen and oxygen atoms in total. The summed E-state index contributed by atoms with van der Waals surface area (Å²) in [6, 6.07) is 3.62. The molecule has 1 aromatic heterocycles. The molecule has 0 N–H and O–H groups in total. The lowest BCUT2D eigenvalue weighted by molar-refractivity contribution is 0.0825. The van der Waals surface area contributed by atoms with Gasteiger partial charge in [-0.25, -0.2) is 0 Å². The minimum absolute atomic E-state index is 0.0486. The summed E-state index contributed by atoms with van der Waals surface area (Å²) in [4.78, 5) is 13.9. The van der Waals surface area contributed by atoms with Gasteiger partial charge in [-0.05, 0) is 26.2 Å². The molecule has 0 bridgehead atoms. The van der Waals surface area contributed by atoms with E-state index in [0.717, 1.165) is 12.3 Å². The van der Waals surface area contributed by atoms with Crippen molar-refractivity contribution in [2.75, 3.05) is 14.1 Å². The van der Waals surface area contributed by atoms with Crippen molar-refractivity contribution in [3.63, 3.8) is 0 Å². The molecule has 0 aliphatic rings. The summed E-state index contributed by atoms with van der Waals surface area (Å²) in [6.45, 7) is 6.40. The van der Waals surface area contributed by atoms with Gasteiger partial charge >= 0.3 is 0 Å². The fourth-order valence-corrected chi connectivity index (χ4v) is 1.27. The van der Waals surface area contributed by atoms with Crippen molar-refractivity contribution in [3.05, 3.63) is 23.7 Å². The number of hydrogen-bond acceptors (Lipinski definition) is 3. The Kier molecular flexibility index (Phi) is 3.35. The third kappa shape index (κ3) is 3.20. The maximum atomic E-state index is 11.9. The van der Waals surface area contributed by atoms with Crippen molar-refractivity contribution in [1.82, 2.24) is 4.90 Å². The van der Waals surface area contributed by atoms with E-state index in [1.54, 1.807) is 6.07 Å². The van der Waals surface area contributed by atoms with E-state index in [2.05, 4.69) is 0 Å². The summed E-state index contributed by atoms with van der Waals surface area (Å²) >= 11 is 0. The van der Waals surface area contributed by atoms with Gasteiger partial charge in [0, 0.05) is 5.41 Å². The zero-order valence-corrected chi connectivity index (χ0v) is 10.1. The first-order valence-corrected chi connectivity index (χ1v) is 5.09. The van der Waals surface area contributed by atoms with Crippen molar-refractivity contribution in [2.45, 2.75) is 27.3 Å². The predicted octanol–water partition coefficient (Wildman–Crippen LogP) is 2.57. The highest BCUT2D eigenvalue weighted by atomic mass is 16.3. The molecule has 0 aromatic carbocycles. The minimum Gasteiger partial charge on any atom is -0.457 e. The molecule has 0 aliphatic heterocycles. The molecule has 0 atom stereocenters. The zero-order valence-electron chi connectivity index (χ0n) is 10.1. The van der Waals surface area contributed by atoms with Crippen LogP contribution in [0.25, 0.3) is 0 Å². The Hall–Kier alpha value is -1.09. The van der Waals surface area contributed by atoms with Crippen molar-refractivity contribution in [2.24, 2.45) is 5.41 Å². The lowest BCUT2D eigenvalue weighted by Gasteiger charge is -2.14. The monoisotopic (exact) mass is 209 g/mol. The molecule has 0 unspecified atom stereocenters. The number of hydrogen-bond donors (Lipinski definition) is 0. The number of rotatable bonds is 3. The van der Waals surface area contributed by atoms with E-state index in [9.17, 15) is 4.79 Å². The number of furan rings is 1. The van der Waals surface area contributed by atoms with E-state index in [1.165, 1.54) is 0 Å². The Bertz CT molecular complexity index is 345. The topological polar surface area (TPSA) is 33.5 Å². The van der Waals surface area contributed by atoms with Crippen molar-refractivity contribution < 1.29 is 9.21 Å². The van der Waals surface area contributed by atoms with Gasteiger partial charge in [-0.2, -0.15) is 0 Å². The number of carbonyl (C=O) groups is 1. The summed E-state index contributed by atoms with van der Waals surface area (Å²) in [5.74, 6) is 1.33. The van der Waals surface area contributed by atoms with Gasteiger partial charge in [0.25, 0.3) is 0 Å². The van der Waals surface area contributed by atoms with E-state index in [-0.39, 0.29) is 11.2 Å². The van der Waals surface area contributed by atoms with E-state index in [0.29, 0.717) is 5.76 Å². The zero-order chi connectivity index (χ0) is 11.6. The van der Waals surface area contributed by atoms with Crippen LogP contribution >= 0.6 is 0 Å². The van der Waals surface area contributed by atoms with E-state index in [1.807, 2.05) is 45.8 Å². The highest BCUT2D eigenvalue weighted by Gasteiger charge is 2.25. The first-order valence-electron chi connectivity index (χ1n) is 5.09. The van der Waals surface area contributed by atoms with Gasteiger partial charge in [0.1, 0.15) is 5.76 Å². The van der Waals surface area contributed by atoms with Crippen LogP contribution in [0.1, 0.15) is 37.1 Å². The van der Waals surface area contributed by atoms with Crippen LogP contribution < -0.4 is 0 Å². The van der Waals surface area contributed by atoms with Gasteiger partial charge in [0.2, 0.25) is 5.78 Å².